The van der Waals surface area contributed by atoms with Gasteiger partial charge in [-0.05, 0) is 42.8 Å². The van der Waals surface area contributed by atoms with Crippen LogP contribution in [0.15, 0.2) is 53.4 Å². The largest absolute Gasteiger partial charge is 0.490 e. The van der Waals surface area contributed by atoms with Gasteiger partial charge in [-0.3, -0.25) is 0 Å². The van der Waals surface area contributed by atoms with Crippen LogP contribution in [0.25, 0.3) is 0 Å². The summed E-state index contributed by atoms with van der Waals surface area (Å²) in [6, 6.07) is 13.9. The molecule has 0 aromatic heterocycles. The van der Waals surface area contributed by atoms with E-state index < -0.39 is 21.7 Å². The third kappa shape index (κ3) is 4.86. The molecule has 4 rings (SSSR count). The molecule has 2 heterocycles. The smallest absolute Gasteiger partial charge is 0.243 e. The first-order valence-corrected chi connectivity index (χ1v) is 11.9. The van der Waals surface area contributed by atoms with Gasteiger partial charge in [0.1, 0.15) is 5.60 Å². The molecule has 9 heteroatoms. The Morgan fingerprint density at radius 1 is 1.10 bits per heavy atom. The van der Waals surface area contributed by atoms with Crippen LogP contribution in [0.1, 0.15) is 12.0 Å². The Hall–Kier alpha value is -2.17. The highest BCUT2D eigenvalue weighted by atomic mass is 32.2. The maximum atomic E-state index is 12.8. The molecule has 0 radical (unpaired) electrons. The average Bonchev–Trinajstić information content (AvgIpc) is 2.93. The Balaban J connectivity index is 1.32. The summed E-state index contributed by atoms with van der Waals surface area (Å²) in [4.78, 5) is 0.147. The Kier molecular flexibility index (Phi) is 6.49. The molecule has 8 nitrogen and oxygen atoms in total. The van der Waals surface area contributed by atoms with Crippen LogP contribution in [-0.2, 0) is 16.4 Å². The highest BCUT2D eigenvalue weighted by molar-refractivity contribution is 7.89. The number of ether oxygens (including phenoxy) is 2. The number of fused-ring (bicyclic) bond motifs is 1. The summed E-state index contributed by atoms with van der Waals surface area (Å²) >= 11 is 0. The summed E-state index contributed by atoms with van der Waals surface area (Å²) in [5.41, 5.74) is -0.490. The highest BCUT2D eigenvalue weighted by Gasteiger charge is 2.48. The van der Waals surface area contributed by atoms with Crippen molar-refractivity contribution in [2.45, 2.75) is 29.4 Å². The van der Waals surface area contributed by atoms with E-state index in [9.17, 15) is 18.6 Å². The lowest BCUT2D eigenvalue weighted by molar-refractivity contribution is -0.0380. The second kappa shape index (κ2) is 9.13. The van der Waals surface area contributed by atoms with Gasteiger partial charge in [-0.15, -0.1) is 0 Å². The lowest BCUT2D eigenvalue weighted by atomic mass is 10.0. The normalized spacial score (nSPS) is 24.1. The number of benzene rings is 2. The SMILES string of the molecule is O=S(=O)(c1ccccc1)N1C[C@@H](O)[C@](O)(CNCCc2ccc3c(c2)OCCCO3)C1. The number of hydrogen-bond acceptors (Lipinski definition) is 7. The van der Waals surface area contributed by atoms with E-state index >= 15 is 0 Å². The lowest BCUT2D eigenvalue weighted by Gasteiger charge is -2.26. The zero-order chi connectivity index (χ0) is 21.9. The predicted molar refractivity (Wildman–Crippen MR) is 115 cm³/mol. The van der Waals surface area contributed by atoms with Crippen molar-refractivity contribution in [1.82, 2.24) is 9.62 Å². The minimum atomic E-state index is -3.77. The number of nitrogens with one attached hydrogen (secondary N) is 1. The monoisotopic (exact) mass is 448 g/mol. The maximum Gasteiger partial charge on any atom is 0.243 e. The van der Waals surface area contributed by atoms with Crippen molar-refractivity contribution in [2.75, 3.05) is 39.4 Å². The second-order valence-corrected chi connectivity index (χ2v) is 9.93. The van der Waals surface area contributed by atoms with Gasteiger partial charge in [-0.2, -0.15) is 4.31 Å². The molecule has 2 aromatic rings. The van der Waals surface area contributed by atoms with Crippen LogP contribution in [0.4, 0.5) is 0 Å². The van der Waals surface area contributed by atoms with Crippen LogP contribution < -0.4 is 14.8 Å². The molecule has 0 amide bonds. The molecule has 2 atom stereocenters. The van der Waals surface area contributed by atoms with Crippen molar-refractivity contribution in [3.63, 3.8) is 0 Å². The predicted octanol–water partition coefficient (Wildman–Crippen LogP) is 0.776. The summed E-state index contributed by atoms with van der Waals surface area (Å²) in [6.07, 6.45) is 0.370. The van der Waals surface area contributed by atoms with Crippen molar-refractivity contribution in [3.8, 4) is 11.5 Å². The molecule has 1 fully saturated rings. The molecule has 3 N–H and O–H groups in total. The first-order valence-electron chi connectivity index (χ1n) is 10.4. The molecule has 0 saturated carbocycles. The van der Waals surface area contributed by atoms with Gasteiger partial charge in [-0.25, -0.2) is 8.42 Å². The number of hydrogen-bond donors (Lipinski definition) is 3. The van der Waals surface area contributed by atoms with Gasteiger partial charge in [0, 0.05) is 26.1 Å². The molecule has 2 aliphatic rings. The molecule has 0 unspecified atom stereocenters. The molecule has 168 valence electrons. The number of aliphatic hydroxyl groups is 2. The van der Waals surface area contributed by atoms with Crippen molar-refractivity contribution in [1.29, 1.82) is 0 Å². The van der Waals surface area contributed by atoms with Crippen molar-refractivity contribution >= 4 is 10.0 Å². The summed E-state index contributed by atoms with van der Waals surface area (Å²) in [6.45, 7) is 1.60. The van der Waals surface area contributed by atoms with Gasteiger partial charge in [0.25, 0.3) is 0 Å². The standard InChI is InChI=1S/C22H28N2O6S/c25-21-14-24(31(27,28)18-5-2-1-3-6-18)16-22(21,26)15-23-10-9-17-7-8-19-20(13-17)30-12-4-11-29-19/h1-3,5-8,13,21,23,25-26H,4,9-12,14-16H2/t21-,22+/m1/s1. The fourth-order valence-electron chi connectivity index (χ4n) is 3.84. The second-order valence-electron chi connectivity index (χ2n) is 7.99. The lowest BCUT2D eigenvalue weighted by Crippen LogP contribution is -2.50. The third-order valence-electron chi connectivity index (χ3n) is 5.66. The van der Waals surface area contributed by atoms with E-state index in [1.54, 1.807) is 18.2 Å². The van der Waals surface area contributed by atoms with Gasteiger partial charge < -0.3 is 25.0 Å². The summed E-state index contributed by atoms with van der Waals surface area (Å²) < 4.78 is 38.1. The summed E-state index contributed by atoms with van der Waals surface area (Å²) in [5, 5.41) is 24.4. The van der Waals surface area contributed by atoms with Crippen LogP contribution >= 0.6 is 0 Å². The van der Waals surface area contributed by atoms with Crippen LogP contribution in [0.3, 0.4) is 0 Å². The van der Waals surface area contributed by atoms with Gasteiger partial charge in [-0.1, -0.05) is 24.3 Å². The van der Waals surface area contributed by atoms with Crippen LogP contribution in [-0.4, -0.2) is 74.0 Å². The van der Waals surface area contributed by atoms with Crippen LogP contribution in [0, 0.1) is 0 Å². The molecular weight excluding hydrogens is 420 g/mol. The Bertz CT molecular complexity index is 1000. The van der Waals surface area contributed by atoms with Gasteiger partial charge in [0.05, 0.1) is 24.2 Å². The summed E-state index contributed by atoms with van der Waals surface area (Å²) in [7, 11) is -3.77. The van der Waals surface area contributed by atoms with Gasteiger partial charge in [0.2, 0.25) is 10.0 Å². The minimum absolute atomic E-state index is 0.0829. The number of β-amino-alcohol motifs (C(OH)–C–C–N with tert-alkyl or cyclic N) is 2. The van der Waals surface area contributed by atoms with Crippen LogP contribution in [0.2, 0.25) is 0 Å². The molecule has 31 heavy (non-hydrogen) atoms. The highest BCUT2D eigenvalue weighted by Crippen LogP contribution is 2.31. The fraction of sp³-hybridized carbons (Fsp3) is 0.455. The van der Waals surface area contributed by atoms with Crippen LogP contribution in [0.5, 0.6) is 11.5 Å². The first-order chi connectivity index (χ1) is 14.9. The van der Waals surface area contributed by atoms with E-state index in [-0.39, 0.29) is 24.5 Å². The first kappa shape index (κ1) is 22.0. The van der Waals surface area contributed by atoms with E-state index in [1.165, 1.54) is 12.1 Å². The molecule has 1 saturated heterocycles. The van der Waals surface area contributed by atoms with Crippen molar-refractivity contribution in [2.24, 2.45) is 0 Å². The number of rotatable bonds is 7. The summed E-state index contributed by atoms with van der Waals surface area (Å²) in [5.74, 6) is 1.49. The third-order valence-corrected chi connectivity index (χ3v) is 7.49. The number of aliphatic hydroxyl groups excluding tert-OH is 1. The molecular formula is C22H28N2O6S. The fourth-order valence-corrected chi connectivity index (χ4v) is 5.37. The number of nitrogens with zero attached hydrogens (tertiary/aromatic N) is 1. The quantitative estimate of drug-likeness (QED) is 0.537. The van der Waals surface area contributed by atoms with Crippen molar-refractivity contribution in [3.05, 3.63) is 54.1 Å². The molecule has 0 bridgehead atoms. The zero-order valence-electron chi connectivity index (χ0n) is 17.2. The van der Waals surface area contributed by atoms with E-state index in [0.29, 0.717) is 26.2 Å². The average molecular weight is 449 g/mol. The Labute approximate surface area is 182 Å². The molecule has 0 spiro atoms. The zero-order valence-corrected chi connectivity index (χ0v) is 18.1. The Morgan fingerprint density at radius 2 is 1.84 bits per heavy atom. The maximum absolute atomic E-state index is 12.8. The van der Waals surface area contributed by atoms with Gasteiger partial charge in [0.15, 0.2) is 11.5 Å². The number of sulfonamides is 1. The van der Waals surface area contributed by atoms with Crippen molar-refractivity contribution < 1.29 is 28.1 Å². The topological polar surface area (TPSA) is 108 Å². The van der Waals surface area contributed by atoms with E-state index in [0.717, 1.165) is 27.8 Å². The Morgan fingerprint density at radius 3 is 2.61 bits per heavy atom. The van der Waals surface area contributed by atoms with E-state index in [1.807, 2.05) is 18.2 Å². The minimum Gasteiger partial charge on any atom is -0.490 e. The van der Waals surface area contributed by atoms with E-state index in [2.05, 4.69) is 5.32 Å². The molecule has 2 aliphatic heterocycles. The molecule has 2 aromatic carbocycles. The molecule has 0 aliphatic carbocycles. The van der Waals surface area contributed by atoms with Gasteiger partial charge >= 0.3 is 0 Å². The van der Waals surface area contributed by atoms with E-state index in [4.69, 9.17) is 9.47 Å².